The van der Waals surface area contributed by atoms with Crippen molar-refractivity contribution in [3.8, 4) is 0 Å². The first-order chi connectivity index (χ1) is 9.99. The fourth-order valence-electron chi connectivity index (χ4n) is 3.01. The number of carboxylic acid groups (broad SMARTS) is 1. The number of hydrogen-bond donors (Lipinski definition) is 1. The molecule has 6 nitrogen and oxygen atoms in total. The van der Waals surface area contributed by atoms with Crippen LogP contribution in [0.3, 0.4) is 0 Å². The molecule has 1 saturated heterocycles. The summed E-state index contributed by atoms with van der Waals surface area (Å²) in [6, 6.07) is -0.322. The van der Waals surface area contributed by atoms with Crippen LogP contribution in [0.2, 0.25) is 0 Å². The molecule has 1 amide bonds. The van der Waals surface area contributed by atoms with E-state index in [-0.39, 0.29) is 17.7 Å². The van der Waals surface area contributed by atoms with Gasteiger partial charge in [-0.25, -0.2) is 4.98 Å². The molecule has 1 aliphatic carbocycles. The van der Waals surface area contributed by atoms with E-state index in [1.807, 2.05) is 0 Å². The van der Waals surface area contributed by atoms with Gasteiger partial charge in [-0.05, 0) is 39.5 Å². The quantitative estimate of drug-likeness (QED) is 0.923. The third kappa shape index (κ3) is 2.54. The molecule has 0 unspecified atom stereocenters. The number of hydrogen-bond acceptors (Lipinski definition) is 4. The molecule has 3 rings (SSSR count). The Morgan fingerprint density at radius 2 is 2.05 bits per heavy atom. The highest BCUT2D eigenvalue weighted by Gasteiger charge is 2.38. The Balaban J connectivity index is 1.82. The van der Waals surface area contributed by atoms with Crippen LogP contribution in [0.5, 0.6) is 0 Å². The van der Waals surface area contributed by atoms with Crippen LogP contribution in [0.25, 0.3) is 0 Å². The maximum absolute atomic E-state index is 12.7. The highest BCUT2D eigenvalue weighted by atomic mass is 16.4. The first-order valence-electron chi connectivity index (χ1n) is 7.50. The average molecular weight is 292 g/mol. The number of amides is 1. The van der Waals surface area contributed by atoms with Crippen molar-refractivity contribution in [2.24, 2.45) is 5.92 Å². The minimum Gasteiger partial charge on any atom is -0.481 e. The summed E-state index contributed by atoms with van der Waals surface area (Å²) >= 11 is 0. The van der Waals surface area contributed by atoms with Crippen LogP contribution in [-0.2, 0) is 4.79 Å². The number of nitrogens with zero attached hydrogens (tertiary/aromatic N) is 2. The van der Waals surface area contributed by atoms with Gasteiger partial charge in [-0.2, -0.15) is 0 Å². The second-order valence-corrected chi connectivity index (χ2v) is 6.07. The summed E-state index contributed by atoms with van der Waals surface area (Å²) in [5.41, 5.74) is 0.603. The molecule has 1 N–H and O–H groups in total. The van der Waals surface area contributed by atoms with Gasteiger partial charge in [-0.3, -0.25) is 9.59 Å². The van der Waals surface area contributed by atoms with Gasteiger partial charge in [0.15, 0.2) is 5.89 Å². The Morgan fingerprint density at radius 3 is 2.67 bits per heavy atom. The molecule has 2 atom stereocenters. The fraction of sp³-hybridized carbons (Fsp3) is 0.667. The lowest BCUT2D eigenvalue weighted by Gasteiger charge is -2.36. The topological polar surface area (TPSA) is 83.6 Å². The van der Waals surface area contributed by atoms with Crippen LogP contribution in [0.4, 0.5) is 0 Å². The Hall–Kier alpha value is -1.85. The van der Waals surface area contributed by atoms with Crippen molar-refractivity contribution >= 4 is 11.9 Å². The van der Waals surface area contributed by atoms with Gasteiger partial charge in [0.25, 0.3) is 5.91 Å². The standard InChI is InChI=1S/C15H20N2O4/c1-8-12(21-13(16-8)10-5-6-10)14(18)17-7-3-4-11(9(17)2)15(19)20/h9-11H,3-7H2,1-2H3,(H,19,20)/t9-,11-/m1/s1. The van der Waals surface area contributed by atoms with Crippen molar-refractivity contribution in [1.29, 1.82) is 0 Å². The first kappa shape index (κ1) is 14.1. The van der Waals surface area contributed by atoms with Crippen molar-refractivity contribution in [1.82, 2.24) is 9.88 Å². The number of likely N-dealkylation sites (tertiary alicyclic amines) is 1. The summed E-state index contributed by atoms with van der Waals surface area (Å²) in [7, 11) is 0. The lowest BCUT2D eigenvalue weighted by Crippen LogP contribution is -2.49. The SMILES string of the molecule is Cc1nc(C2CC2)oc1C(=O)N1CCC[C@@H](C(=O)O)[C@H]1C. The van der Waals surface area contributed by atoms with Gasteiger partial charge >= 0.3 is 5.97 Å². The predicted octanol–water partition coefficient (Wildman–Crippen LogP) is 2.19. The van der Waals surface area contributed by atoms with Crippen LogP contribution in [0.15, 0.2) is 4.42 Å². The van der Waals surface area contributed by atoms with Gasteiger partial charge in [0.05, 0.1) is 11.6 Å². The monoisotopic (exact) mass is 292 g/mol. The van der Waals surface area contributed by atoms with E-state index in [0.717, 1.165) is 12.8 Å². The van der Waals surface area contributed by atoms with Crippen molar-refractivity contribution in [3.05, 3.63) is 17.3 Å². The first-order valence-corrected chi connectivity index (χ1v) is 7.50. The fourth-order valence-corrected chi connectivity index (χ4v) is 3.01. The van der Waals surface area contributed by atoms with E-state index >= 15 is 0 Å². The zero-order valence-electron chi connectivity index (χ0n) is 12.3. The minimum absolute atomic E-state index is 0.231. The largest absolute Gasteiger partial charge is 0.481 e. The smallest absolute Gasteiger partial charge is 0.308 e. The van der Waals surface area contributed by atoms with E-state index in [1.165, 1.54) is 0 Å². The number of carbonyl (C=O) groups is 2. The van der Waals surface area contributed by atoms with Crippen molar-refractivity contribution in [3.63, 3.8) is 0 Å². The predicted molar refractivity (Wildman–Crippen MR) is 74.1 cm³/mol. The van der Waals surface area contributed by atoms with Gasteiger partial charge in [0.1, 0.15) is 0 Å². The summed E-state index contributed by atoms with van der Waals surface area (Å²) in [4.78, 5) is 29.9. The summed E-state index contributed by atoms with van der Waals surface area (Å²) in [6.07, 6.45) is 3.45. The van der Waals surface area contributed by atoms with E-state index in [9.17, 15) is 14.7 Å². The van der Waals surface area contributed by atoms with E-state index in [2.05, 4.69) is 4.98 Å². The molecule has 0 spiro atoms. The molecule has 1 aromatic heterocycles. The number of aryl methyl sites for hydroxylation is 1. The molecule has 2 heterocycles. The number of aliphatic carboxylic acids is 1. The van der Waals surface area contributed by atoms with Gasteiger partial charge in [-0.1, -0.05) is 0 Å². The molecule has 1 aromatic rings. The molecule has 21 heavy (non-hydrogen) atoms. The molecule has 0 radical (unpaired) electrons. The molecular formula is C15H20N2O4. The number of piperidine rings is 1. The summed E-state index contributed by atoms with van der Waals surface area (Å²) in [5, 5.41) is 9.24. The Morgan fingerprint density at radius 1 is 1.33 bits per heavy atom. The normalized spacial score (nSPS) is 25.9. The number of oxazole rings is 1. The lowest BCUT2D eigenvalue weighted by atomic mass is 9.90. The highest BCUT2D eigenvalue weighted by Crippen LogP contribution is 2.40. The van der Waals surface area contributed by atoms with Gasteiger partial charge in [0.2, 0.25) is 5.76 Å². The Labute approximate surface area is 123 Å². The van der Waals surface area contributed by atoms with Crippen LogP contribution in [0.1, 0.15) is 60.7 Å². The molecule has 1 aliphatic heterocycles. The third-order valence-electron chi connectivity index (χ3n) is 4.50. The van der Waals surface area contributed by atoms with Gasteiger partial charge < -0.3 is 14.4 Å². The van der Waals surface area contributed by atoms with Gasteiger partial charge in [0, 0.05) is 18.5 Å². The molecule has 2 aliphatic rings. The molecule has 2 fully saturated rings. The van der Waals surface area contributed by atoms with Crippen molar-refractivity contribution in [2.75, 3.05) is 6.54 Å². The van der Waals surface area contributed by atoms with E-state index < -0.39 is 11.9 Å². The van der Waals surface area contributed by atoms with Crippen LogP contribution >= 0.6 is 0 Å². The van der Waals surface area contributed by atoms with E-state index in [0.29, 0.717) is 36.9 Å². The highest BCUT2D eigenvalue weighted by molar-refractivity contribution is 5.93. The van der Waals surface area contributed by atoms with Crippen molar-refractivity contribution in [2.45, 2.75) is 51.5 Å². The second kappa shape index (κ2) is 5.16. The lowest BCUT2D eigenvalue weighted by molar-refractivity contribution is -0.145. The zero-order chi connectivity index (χ0) is 15.1. The number of carboxylic acids is 1. The van der Waals surface area contributed by atoms with Gasteiger partial charge in [-0.15, -0.1) is 0 Å². The average Bonchev–Trinajstić information content (AvgIpc) is 3.21. The summed E-state index contributed by atoms with van der Waals surface area (Å²) < 4.78 is 5.65. The second-order valence-electron chi connectivity index (χ2n) is 6.07. The molecule has 0 bridgehead atoms. The molecule has 114 valence electrons. The van der Waals surface area contributed by atoms with E-state index in [4.69, 9.17) is 4.42 Å². The molecule has 0 aromatic carbocycles. The number of rotatable bonds is 3. The number of aromatic nitrogens is 1. The Kier molecular flexibility index (Phi) is 3.47. The number of carbonyl (C=O) groups excluding carboxylic acids is 1. The van der Waals surface area contributed by atoms with Crippen LogP contribution < -0.4 is 0 Å². The third-order valence-corrected chi connectivity index (χ3v) is 4.50. The Bertz CT molecular complexity index is 576. The van der Waals surface area contributed by atoms with Crippen LogP contribution in [0, 0.1) is 12.8 Å². The summed E-state index contributed by atoms with van der Waals surface area (Å²) in [6.45, 7) is 4.14. The minimum atomic E-state index is -0.840. The summed E-state index contributed by atoms with van der Waals surface area (Å²) in [5.74, 6) is -0.298. The van der Waals surface area contributed by atoms with E-state index in [1.54, 1.807) is 18.7 Å². The molecule has 6 heteroatoms. The maximum atomic E-state index is 12.7. The van der Waals surface area contributed by atoms with Crippen molar-refractivity contribution < 1.29 is 19.1 Å². The zero-order valence-corrected chi connectivity index (χ0v) is 12.3. The molecular weight excluding hydrogens is 272 g/mol. The maximum Gasteiger partial charge on any atom is 0.308 e. The molecule has 1 saturated carbocycles. The van der Waals surface area contributed by atoms with Crippen LogP contribution in [-0.4, -0.2) is 39.5 Å².